The summed E-state index contributed by atoms with van der Waals surface area (Å²) >= 11 is 1.56. The fourth-order valence-electron chi connectivity index (χ4n) is 2.10. The first-order valence-corrected chi connectivity index (χ1v) is 7.63. The van der Waals surface area contributed by atoms with Crippen LogP contribution in [0, 0.1) is 6.92 Å². The van der Waals surface area contributed by atoms with Crippen LogP contribution in [0.4, 0.5) is 10.5 Å². The van der Waals surface area contributed by atoms with Gasteiger partial charge >= 0.3 is 6.03 Å². The van der Waals surface area contributed by atoms with Crippen LogP contribution in [-0.2, 0) is 6.54 Å². The number of rotatable bonds is 3. The minimum atomic E-state index is -0.231. The first-order chi connectivity index (χ1) is 10.2. The summed E-state index contributed by atoms with van der Waals surface area (Å²) in [4.78, 5) is 11.9. The molecule has 6 heteroatoms. The van der Waals surface area contributed by atoms with Gasteiger partial charge in [0.2, 0.25) is 0 Å². The maximum Gasteiger partial charge on any atom is 0.319 e. The Hall–Kier alpha value is -2.21. The summed E-state index contributed by atoms with van der Waals surface area (Å²) in [5, 5.41) is 9.57. The van der Waals surface area contributed by atoms with E-state index in [1.807, 2.05) is 35.9 Å². The Morgan fingerprint density at radius 2 is 2.14 bits per heavy atom. The molecular weight excluding hydrogens is 288 g/mol. The molecule has 21 heavy (non-hydrogen) atoms. The van der Waals surface area contributed by atoms with Crippen LogP contribution in [-0.4, -0.2) is 19.2 Å². The second kappa shape index (κ2) is 6.05. The lowest BCUT2D eigenvalue weighted by atomic mass is 10.1. The van der Waals surface area contributed by atoms with E-state index >= 15 is 0 Å². The zero-order chi connectivity index (χ0) is 14.7. The van der Waals surface area contributed by atoms with Crippen molar-refractivity contribution in [2.75, 3.05) is 18.5 Å². The molecule has 5 nitrogen and oxygen atoms in total. The van der Waals surface area contributed by atoms with Crippen molar-refractivity contribution in [2.45, 2.75) is 13.5 Å². The summed E-state index contributed by atoms with van der Waals surface area (Å²) in [7, 11) is 0. The minimum absolute atomic E-state index is 0.231. The molecule has 0 saturated carbocycles. The molecule has 2 amide bonds. The van der Waals surface area contributed by atoms with E-state index in [0.29, 0.717) is 19.8 Å². The number of urea groups is 1. The second-order valence-corrected chi connectivity index (χ2v) is 5.46. The molecule has 1 aromatic heterocycles. The number of ether oxygens (including phenoxy) is 2. The molecule has 0 radical (unpaired) electrons. The highest BCUT2D eigenvalue weighted by Crippen LogP contribution is 2.33. The molecule has 2 heterocycles. The maximum absolute atomic E-state index is 11.9. The molecule has 2 N–H and O–H groups in total. The van der Waals surface area contributed by atoms with Crippen molar-refractivity contribution in [1.82, 2.24) is 5.32 Å². The Bertz CT molecular complexity index is 654. The Morgan fingerprint density at radius 1 is 1.29 bits per heavy atom. The van der Waals surface area contributed by atoms with Crippen molar-refractivity contribution in [3.8, 4) is 11.5 Å². The highest BCUT2D eigenvalue weighted by Gasteiger charge is 2.16. The molecule has 0 aliphatic carbocycles. The lowest BCUT2D eigenvalue weighted by molar-refractivity contribution is 0.169. The van der Waals surface area contributed by atoms with E-state index in [0.717, 1.165) is 28.3 Å². The number of carbonyl (C=O) groups excluding carboxylic acids is 1. The Morgan fingerprint density at radius 3 is 2.95 bits per heavy atom. The average Bonchev–Trinajstić information content (AvgIpc) is 2.90. The molecule has 110 valence electrons. The highest BCUT2D eigenvalue weighted by atomic mass is 32.1. The topological polar surface area (TPSA) is 59.6 Å². The summed E-state index contributed by atoms with van der Waals surface area (Å²) in [6.07, 6.45) is 0. The Labute approximate surface area is 126 Å². The molecule has 0 fully saturated rings. The number of hydrogen-bond donors (Lipinski definition) is 2. The Balaban J connectivity index is 1.63. The van der Waals surface area contributed by atoms with Crippen LogP contribution in [0.15, 0.2) is 29.0 Å². The van der Waals surface area contributed by atoms with Crippen LogP contribution < -0.4 is 20.1 Å². The fraction of sp³-hybridized carbons (Fsp3) is 0.267. The van der Waals surface area contributed by atoms with Gasteiger partial charge in [-0.15, -0.1) is 11.3 Å². The number of para-hydroxylation sites is 1. The number of carbonyl (C=O) groups is 1. The number of thiophene rings is 1. The third kappa shape index (κ3) is 3.11. The third-order valence-electron chi connectivity index (χ3n) is 3.19. The molecule has 0 atom stereocenters. The van der Waals surface area contributed by atoms with Gasteiger partial charge in [-0.1, -0.05) is 12.1 Å². The van der Waals surface area contributed by atoms with Gasteiger partial charge < -0.3 is 20.1 Å². The van der Waals surface area contributed by atoms with Gasteiger partial charge in [0.15, 0.2) is 11.5 Å². The van der Waals surface area contributed by atoms with Crippen LogP contribution in [0.3, 0.4) is 0 Å². The van der Waals surface area contributed by atoms with Crippen LogP contribution >= 0.6 is 11.3 Å². The van der Waals surface area contributed by atoms with Crippen LogP contribution in [0.1, 0.15) is 11.1 Å². The molecule has 0 saturated heterocycles. The van der Waals surface area contributed by atoms with Crippen molar-refractivity contribution in [3.05, 3.63) is 40.1 Å². The van der Waals surface area contributed by atoms with Crippen molar-refractivity contribution >= 4 is 23.1 Å². The number of aryl methyl sites for hydroxylation is 1. The van der Waals surface area contributed by atoms with Gasteiger partial charge in [0.1, 0.15) is 13.2 Å². The Kier molecular flexibility index (Phi) is 3.96. The summed E-state index contributed by atoms with van der Waals surface area (Å²) < 4.78 is 11.1. The van der Waals surface area contributed by atoms with Crippen LogP contribution in [0.2, 0.25) is 0 Å². The predicted octanol–water partition coefficient (Wildman–Crippen LogP) is 3.15. The maximum atomic E-state index is 11.9. The standard InChI is InChI=1S/C15H16N2O3S/c1-10-8-21-9-12(10)17-15(18)16-7-11-3-2-4-13-14(11)20-6-5-19-13/h2-4,8-9H,5-7H2,1H3,(H2,16,17,18). The molecule has 1 aliphatic rings. The molecule has 0 bridgehead atoms. The molecule has 1 aliphatic heterocycles. The summed E-state index contributed by atoms with van der Waals surface area (Å²) in [6, 6.07) is 5.45. The predicted molar refractivity (Wildman–Crippen MR) is 82.3 cm³/mol. The molecule has 1 aromatic carbocycles. The van der Waals surface area contributed by atoms with E-state index in [2.05, 4.69) is 10.6 Å². The number of anilines is 1. The van der Waals surface area contributed by atoms with E-state index in [9.17, 15) is 4.79 Å². The molecule has 0 spiro atoms. The number of hydrogen-bond acceptors (Lipinski definition) is 4. The minimum Gasteiger partial charge on any atom is -0.486 e. The molecule has 3 rings (SSSR count). The number of amides is 2. The van der Waals surface area contributed by atoms with Gasteiger partial charge in [-0.3, -0.25) is 0 Å². The average molecular weight is 304 g/mol. The normalized spacial score (nSPS) is 12.8. The van der Waals surface area contributed by atoms with Crippen molar-refractivity contribution in [3.63, 3.8) is 0 Å². The van der Waals surface area contributed by atoms with Crippen molar-refractivity contribution in [2.24, 2.45) is 0 Å². The van der Waals surface area contributed by atoms with E-state index in [1.54, 1.807) is 11.3 Å². The number of nitrogens with one attached hydrogen (secondary N) is 2. The second-order valence-electron chi connectivity index (χ2n) is 4.72. The lowest BCUT2D eigenvalue weighted by Gasteiger charge is -2.21. The van der Waals surface area contributed by atoms with Crippen LogP contribution in [0.25, 0.3) is 0 Å². The van der Waals surface area contributed by atoms with E-state index in [-0.39, 0.29) is 6.03 Å². The zero-order valence-corrected chi connectivity index (χ0v) is 12.5. The fourth-order valence-corrected chi connectivity index (χ4v) is 2.88. The first-order valence-electron chi connectivity index (χ1n) is 6.69. The SMILES string of the molecule is Cc1cscc1NC(=O)NCc1cccc2c1OCCO2. The van der Waals surface area contributed by atoms with Crippen LogP contribution in [0.5, 0.6) is 11.5 Å². The quantitative estimate of drug-likeness (QED) is 0.916. The largest absolute Gasteiger partial charge is 0.486 e. The summed E-state index contributed by atoms with van der Waals surface area (Å²) in [5.74, 6) is 1.45. The smallest absolute Gasteiger partial charge is 0.319 e. The van der Waals surface area contributed by atoms with Crippen molar-refractivity contribution < 1.29 is 14.3 Å². The summed E-state index contributed by atoms with van der Waals surface area (Å²) in [6.45, 7) is 3.44. The number of benzene rings is 1. The van der Waals surface area contributed by atoms with E-state index in [4.69, 9.17) is 9.47 Å². The molecule has 0 unspecified atom stereocenters. The molecule has 2 aromatic rings. The van der Waals surface area contributed by atoms with Crippen molar-refractivity contribution in [1.29, 1.82) is 0 Å². The first kappa shape index (κ1) is 13.8. The summed E-state index contributed by atoms with van der Waals surface area (Å²) in [5.41, 5.74) is 2.81. The van der Waals surface area contributed by atoms with Gasteiger partial charge in [0.25, 0.3) is 0 Å². The monoisotopic (exact) mass is 304 g/mol. The molecular formula is C15H16N2O3S. The third-order valence-corrected chi connectivity index (χ3v) is 4.05. The lowest BCUT2D eigenvalue weighted by Crippen LogP contribution is -2.28. The van der Waals surface area contributed by atoms with Gasteiger partial charge in [-0.25, -0.2) is 4.79 Å². The van der Waals surface area contributed by atoms with Gasteiger partial charge in [-0.2, -0.15) is 0 Å². The van der Waals surface area contributed by atoms with E-state index in [1.165, 1.54) is 0 Å². The zero-order valence-electron chi connectivity index (χ0n) is 11.6. The number of fused-ring (bicyclic) bond motifs is 1. The van der Waals surface area contributed by atoms with Gasteiger partial charge in [0, 0.05) is 17.5 Å². The van der Waals surface area contributed by atoms with Gasteiger partial charge in [0.05, 0.1) is 5.69 Å². The van der Waals surface area contributed by atoms with E-state index < -0.39 is 0 Å². The van der Waals surface area contributed by atoms with Gasteiger partial charge in [-0.05, 0) is 23.9 Å². The highest BCUT2D eigenvalue weighted by molar-refractivity contribution is 7.08.